The Kier molecular flexibility index (Phi) is 4.57. The maximum absolute atomic E-state index is 11.4. The highest BCUT2D eigenvalue weighted by atomic mass is 16.6. The summed E-state index contributed by atoms with van der Waals surface area (Å²) >= 11 is 0. The number of nitrogens with two attached hydrogens (primary N) is 1. The van der Waals surface area contributed by atoms with Crippen molar-refractivity contribution in [2.45, 2.75) is 38.8 Å². The van der Waals surface area contributed by atoms with E-state index in [9.17, 15) is 4.79 Å². The Balaban J connectivity index is 2.24. The van der Waals surface area contributed by atoms with Crippen molar-refractivity contribution < 1.29 is 13.9 Å². The van der Waals surface area contributed by atoms with Crippen LogP contribution in [0.15, 0.2) is 22.8 Å². The summed E-state index contributed by atoms with van der Waals surface area (Å²) in [5.74, 6) is 0.809. The van der Waals surface area contributed by atoms with Gasteiger partial charge >= 0.3 is 6.09 Å². The molecule has 0 radical (unpaired) electrons. The number of furan rings is 1. The largest absolute Gasteiger partial charge is 0.469 e. The van der Waals surface area contributed by atoms with Crippen LogP contribution in [-0.2, 0) is 11.2 Å². The van der Waals surface area contributed by atoms with Gasteiger partial charge in [-0.2, -0.15) is 0 Å². The number of nitrogens with one attached hydrogen (secondary N) is 1. The van der Waals surface area contributed by atoms with Gasteiger partial charge in [0.15, 0.2) is 0 Å². The van der Waals surface area contributed by atoms with Crippen molar-refractivity contribution in [3.63, 3.8) is 0 Å². The first-order chi connectivity index (χ1) is 7.87. The highest BCUT2D eigenvalue weighted by molar-refractivity contribution is 5.67. The molecule has 0 unspecified atom stereocenters. The number of hydrogen-bond acceptors (Lipinski definition) is 4. The zero-order valence-corrected chi connectivity index (χ0v) is 10.5. The van der Waals surface area contributed by atoms with Crippen molar-refractivity contribution in [3.8, 4) is 0 Å². The van der Waals surface area contributed by atoms with Crippen LogP contribution in [-0.4, -0.2) is 24.3 Å². The van der Waals surface area contributed by atoms with Gasteiger partial charge in [0.25, 0.3) is 0 Å². The van der Waals surface area contributed by atoms with Crippen molar-refractivity contribution in [1.82, 2.24) is 5.32 Å². The van der Waals surface area contributed by atoms with Gasteiger partial charge in [0.05, 0.1) is 6.26 Å². The van der Waals surface area contributed by atoms with Crippen LogP contribution in [0.3, 0.4) is 0 Å². The average Bonchev–Trinajstić information content (AvgIpc) is 2.64. The van der Waals surface area contributed by atoms with Crippen LogP contribution in [0.25, 0.3) is 0 Å². The van der Waals surface area contributed by atoms with E-state index in [0.29, 0.717) is 13.0 Å². The van der Waals surface area contributed by atoms with Crippen molar-refractivity contribution in [3.05, 3.63) is 24.2 Å². The highest BCUT2D eigenvalue weighted by Gasteiger charge is 2.16. The van der Waals surface area contributed by atoms with E-state index in [1.54, 1.807) is 6.26 Å². The van der Waals surface area contributed by atoms with Gasteiger partial charge in [0, 0.05) is 19.0 Å². The lowest BCUT2D eigenvalue weighted by atomic mass is 10.2. The minimum atomic E-state index is -0.491. The minimum Gasteiger partial charge on any atom is -0.469 e. The maximum atomic E-state index is 11.4. The third-order valence-electron chi connectivity index (χ3n) is 1.95. The van der Waals surface area contributed by atoms with E-state index in [2.05, 4.69) is 5.32 Å². The molecule has 0 aliphatic carbocycles. The van der Waals surface area contributed by atoms with Gasteiger partial charge in [0.2, 0.25) is 0 Å². The molecule has 1 rings (SSSR count). The Bertz CT molecular complexity index is 341. The molecule has 0 bridgehead atoms. The van der Waals surface area contributed by atoms with E-state index < -0.39 is 11.7 Å². The van der Waals surface area contributed by atoms with E-state index in [1.807, 2.05) is 32.9 Å². The summed E-state index contributed by atoms with van der Waals surface area (Å²) < 4.78 is 10.3. The molecule has 1 atom stereocenters. The molecule has 5 heteroatoms. The second-order valence-electron chi connectivity index (χ2n) is 4.93. The smallest absolute Gasteiger partial charge is 0.407 e. The molecule has 0 saturated heterocycles. The van der Waals surface area contributed by atoms with E-state index in [0.717, 1.165) is 5.76 Å². The number of carbonyl (C=O) groups is 1. The predicted molar refractivity (Wildman–Crippen MR) is 64.6 cm³/mol. The Morgan fingerprint density at radius 1 is 1.59 bits per heavy atom. The Morgan fingerprint density at radius 3 is 2.82 bits per heavy atom. The molecule has 96 valence electrons. The maximum Gasteiger partial charge on any atom is 0.407 e. The lowest BCUT2D eigenvalue weighted by molar-refractivity contribution is 0.0524. The summed E-state index contributed by atoms with van der Waals surface area (Å²) in [6.45, 7) is 5.80. The molecule has 0 aliphatic rings. The van der Waals surface area contributed by atoms with Gasteiger partial charge in [-0.05, 0) is 32.9 Å². The zero-order valence-electron chi connectivity index (χ0n) is 10.5. The topological polar surface area (TPSA) is 77.5 Å². The first kappa shape index (κ1) is 13.6. The fraction of sp³-hybridized carbons (Fsp3) is 0.583. The predicted octanol–water partition coefficient (Wildman–Crippen LogP) is 1.67. The van der Waals surface area contributed by atoms with Crippen molar-refractivity contribution >= 4 is 6.09 Å². The van der Waals surface area contributed by atoms with E-state index in [-0.39, 0.29) is 6.04 Å². The molecule has 17 heavy (non-hydrogen) atoms. The fourth-order valence-electron chi connectivity index (χ4n) is 1.29. The molecular weight excluding hydrogens is 220 g/mol. The first-order valence-electron chi connectivity index (χ1n) is 5.61. The number of carbonyl (C=O) groups excluding carboxylic acids is 1. The zero-order chi connectivity index (χ0) is 12.9. The monoisotopic (exact) mass is 240 g/mol. The Hall–Kier alpha value is -1.49. The van der Waals surface area contributed by atoms with Crippen LogP contribution in [0, 0.1) is 0 Å². The lowest BCUT2D eigenvalue weighted by Gasteiger charge is -2.20. The molecule has 1 amide bonds. The molecule has 3 N–H and O–H groups in total. The summed E-state index contributed by atoms with van der Waals surface area (Å²) in [6, 6.07) is 3.48. The van der Waals surface area contributed by atoms with Gasteiger partial charge < -0.3 is 20.2 Å². The molecule has 1 aromatic rings. The fourth-order valence-corrected chi connectivity index (χ4v) is 1.29. The number of hydrogen-bond donors (Lipinski definition) is 2. The van der Waals surface area contributed by atoms with Crippen LogP contribution in [0.1, 0.15) is 26.5 Å². The van der Waals surface area contributed by atoms with Gasteiger partial charge in [-0.1, -0.05) is 0 Å². The molecule has 0 saturated carbocycles. The molecule has 0 aromatic carbocycles. The van der Waals surface area contributed by atoms with Crippen molar-refractivity contribution in [2.75, 3.05) is 6.54 Å². The Labute approximate surface area is 101 Å². The SMILES string of the molecule is CC(C)(C)OC(=O)NC[C@@H](N)Cc1ccco1. The van der Waals surface area contributed by atoms with Crippen molar-refractivity contribution in [1.29, 1.82) is 0 Å². The first-order valence-corrected chi connectivity index (χ1v) is 5.61. The van der Waals surface area contributed by atoms with Gasteiger partial charge in [-0.3, -0.25) is 0 Å². The van der Waals surface area contributed by atoms with Gasteiger partial charge in [0.1, 0.15) is 11.4 Å². The van der Waals surface area contributed by atoms with Crippen LogP contribution in [0.4, 0.5) is 4.79 Å². The number of rotatable bonds is 4. The summed E-state index contributed by atoms with van der Waals surface area (Å²) in [6.07, 6.45) is 1.74. The second-order valence-corrected chi connectivity index (χ2v) is 4.93. The molecule has 0 spiro atoms. The number of amides is 1. The summed E-state index contributed by atoms with van der Waals surface area (Å²) in [5.41, 5.74) is 5.36. The molecule has 1 aromatic heterocycles. The Morgan fingerprint density at radius 2 is 2.29 bits per heavy atom. The molecule has 1 heterocycles. The van der Waals surface area contributed by atoms with Crippen LogP contribution < -0.4 is 11.1 Å². The standard InChI is InChI=1S/C12H20N2O3/c1-12(2,3)17-11(15)14-8-9(13)7-10-5-4-6-16-10/h4-6,9H,7-8,13H2,1-3H3,(H,14,15)/t9-/m0/s1. The van der Waals surface area contributed by atoms with Gasteiger partial charge in [-0.15, -0.1) is 0 Å². The summed E-state index contributed by atoms with van der Waals surface area (Å²) in [4.78, 5) is 11.4. The van der Waals surface area contributed by atoms with Crippen LogP contribution >= 0.6 is 0 Å². The van der Waals surface area contributed by atoms with E-state index >= 15 is 0 Å². The third-order valence-corrected chi connectivity index (χ3v) is 1.95. The molecule has 0 fully saturated rings. The lowest BCUT2D eigenvalue weighted by Crippen LogP contribution is -2.41. The van der Waals surface area contributed by atoms with E-state index in [1.165, 1.54) is 0 Å². The van der Waals surface area contributed by atoms with Crippen LogP contribution in [0.5, 0.6) is 0 Å². The van der Waals surface area contributed by atoms with Crippen LogP contribution in [0.2, 0.25) is 0 Å². The molecular formula is C12H20N2O3. The molecule has 0 aliphatic heterocycles. The number of ether oxygens (including phenoxy) is 1. The highest BCUT2D eigenvalue weighted by Crippen LogP contribution is 2.06. The summed E-state index contributed by atoms with van der Waals surface area (Å²) in [7, 11) is 0. The average molecular weight is 240 g/mol. The van der Waals surface area contributed by atoms with Gasteiger partial charge in [-0.25, -0.2) is 4.79 Å². The van der Waals surface area contributed by atoms with E-state index in [4.69, 9.17) is 14.9 Å². The third kappa shape index (κ3) is 5.97. The number of alkyl carbamates (subject to hydrolysis) is 1. The minimum absolute atomic E-state index is 0.186. The normalized spacial score (nSPS) is 13.2. The summed E-state index contributed by atoms with van der Waals surface area (Å²) in [5, 5.41) is 2.62. The van der Waals surface area contributed by atoms with Crippen molar-refractivity contribution in [2.24, 2.45) is 5.73 Å². The second kappa shape index (κ2) is 5.72. The quantitative estimate of drug-likeness (QED) is 0.839. The molecule has 5 nitrogen and oxygen atoms in total.